The zero-order valence-corrected chi connectivity index (χ0v) is 9.91. The van der Waals surface area contributed by atoms with Crippen molar-refractivity contribution in [2.45, 2.75) is 18.9 Å². The molecule has 98 valence electrons. The molecule has 2 rings (SSSR count). The number of nitro benzene ring substituents is 1. The Kier molecular flexibility index (Phi) is 3.61. The number of nitro groups is 1. The van der Waals surface area contributed by atoms with Crippen LogP contribution in [0.5, 0.6) is 5.75 Å². The Bertz CT molecular complexity index is 529. The maximum Gasteiger partial charge on any atom is 0.412 e. The molecule has 0 unspecified atom stereocenters. The maximum absolute atomic E-state index is 11.5. The van der Waals surface area contributed by atoms with E-state index in [0.29, 0.717) is 12.8 Å². The van der Waals surface area contributed by atoms with E-state index in [4.69, 9.17) is 10.00 Å². The molecule has 1 amide bonds. The summed E-state index contributed by atoms with van der Waals surface area (Å²) in [5, 5.41) is 21.7. The lowest BCUT2D eigenvalue weighted by Crippen LogP contribution is -2.45. The first-order valence-electron chi connectivity index (χ1n) is 5.71. The normalized spacial score (nSPS) is 20.8. The summed E-state index contributed by atoms with van der Waals surface area (Å²) < 4.78 is 4.97. The van der Waals surface area contributed by atoms with Gasteiger partial charge in [0.05, 0.1) is 16.9 Å². The molecule has 1 aliphatic rings. The number of benzene rings is 1. The Hall–Kier alpha value is -2.62. The highest BCUT2D eigenvalue weighted by Crippen LogP contribution is 2.26. The zero-order valence-electron chi connectivity index (χ0n) is 9.91. The highest BCUT2D eigenvalue weighted by atomic mass is 16.6. The summed E-state index contributed by atoms with van der Waals surface area (Å²) in [6.45, 7) is 0. The third-order valence-corrected chi connectivity index (χ3v) is 2.90. The van der Waals surface area contributed by atoms with Gasteiger partial charge in [0.1, 0.15) is 5.75 Å². The average molecular weight is 261 g/mol. The highest BCUT2D eigenvalue weighted by molar-refractivity contribution is 5.71. The predicted octanol–water partition coefficient (Wildman–Crippen LogP) is 1.99. The van der Waals surface area contributed by atoms with Crippen LogP contribution in [-0.2, 0) is 0 Å². The van der Waals surface area contributed by atoms with Gasteiger partial charge >= 0.3 is 6.09 Å². The second-order valence-corrected chi connectivity index (χ2v) is 4.28. The van der Waals surface area contributed by atoms with Crippen molar-refractivity contribution in [2.24, 2.45) is 5.92 Å². The van der Waals surface area contributed by atoms with Gasteiger partial charge < -0.3 is 10.1 Å². The van der Waals surface area contributed by atoms with Gasteiger partial charge in [0.2, 0.25) is 0 Å². The van der Waals surface area contributed by atoms with Crippen molar-refractivity contribution in [1.82, 2.24) is 5.32 Å². The second kappa shape index (κ2) is 5.35. The minimum absolute atomic E-state index is 0.00433. The number of rotatable bonds is 3. The van der Waals surface area contributed by atoms with Crippen LogP contribution in [0, 0.1) is 27.4 Å². The van der Waals surface area contributed by atoms with E-state index >= 15 is 0 Å². The van der Waals surface area contributed by atoms with Crippen LogP contribution < -0.4 is 10.1 Å². The first-order chi connectivity index (χ1) is 9.08. The van der Waals surface area contributed by atoms with E-state index in [1.807, 2.05) is 0 Å². The summed E-state index contributed by atoms with van der Waals surface area (Å²) in [6.07, 6.45) is 0.646. The number of nitriles is 1. The lowest BCUT2D eigenvalue weighted by atomic mass is 9.81. The molecule has 0 aliphatic heterocycles. The third-order valence-electron chi connectivity index (χ3n) is 2.90. The molecular weight excluding hydrogens is 250 g/mol. The van der Waals surface area contributed by atoms with Crippen LogP contribution in [0.15, 0.2) is 24.3 Å². The van der Waals surface area contributed by atoms with Crippen LogP contribution >= 0.6 is 0 Å². The zero-order chi connectivity index (χ0) is 13.8. The number of carbonyl (C=O) groups is 1. The van der Waals surface area contributed by atoms with Crippen LogP contribution in [0.4, 0.5) is 10.5 Å². The molecule has 0 spiro atoms. The molecule has 1 fully saturated rings. The van der Waals surface area contributed by atoms with Crippen molar-refractivity contribution >= 4 is 11.8 Å². The number of ether oxygens (including phenoxy) is 1. The molecule has 0 bridgehead atoms. The number of carbonyl (C=O) groups excluding carboxylic acids is 1. The molecule has 1 aromatic carbocycles. The van der Waals surface area contributed by atoms with E-state index in [2.05, 4.69) is 11.4 Å². The van der Waals surface area contributed by atoms with E-state index in [0.717, 1.165) is 0 Å². The van der Waals surface area contributed by atoms with Gasteiger partial charge in [-0.05, 0) is 25.0 Å². The monoisotopic (exact) mass is 261 g/mol. The van der Waals surface area contributed by atoms with E-state index in [1.54, 1.807) is 0 Å². The van der Waals surface area contributed by atoms with Crippen LogP contribution in [0.2, 0.25) is 0 Å². The van der Waals surface area contributed by atoms with Crippen molar-refractivity contribution in [1.29, 1.82) is 5.26 Å². The number of hydrogen-bond acceptors (Lipinski definition) is 5. The number of non-ortho nitro benzene ring substituents is 1. The summed E-state index contributed by atoms with van der Waals surface area (Å²) in [5.41, 5.74) is -0.0661. The van der Waals surface area contributed by atoms with Crippen molar-refractivity contribution < 1.29 is 14.5 Å². The largest absolute Gasteiger partial charge is 0.412 e. The molecule has 0 radical (unpaired) electrons. The number of nitrogens with one attached hydrogen (secondary N) is 1. The standard InChI is InChI=1S/C12H11N3O4/c13-7-8-5-9(6-8)14-12(16)19-11-3-1-10(2-4-11)15(17)18/h1-4,8-9H,5-6H2,(H,14,16). The van der Waals surface area contributed by atoms with Gasteiger partial charge in [-0.25, -0.2) is 4.79 Å². The Morgan fingerprint density at radius 3 is 2.58 bits per heavy atom. The van der Waals surface area contributed by atoms with Crippen LogP contribution in [0.1, 0.15) is 12.8 Å². The van der Waals surface area contributed by atoms with E-state index in [-0.39, 0.29) is 23.4 Å². The molecule has 7 heteroatoms. The maximum atomic E-state index is 11.5. The van der Waals surface area contributed by atoms with Gasteiger partial charge in [-0.3, -0.25) is 10.1 Å². The van der Waals surface area contributed by atoms with Crippen molar-refractivity contribution in [3.8, 4) is 11.8 Å². The Morgan fingerprint density at radius 1 is 1.42 bits per heavy atom. The van der Waals surface area contributed by atoms with Gasteiger partial charge in [0.25, 0.3) is 5.69 Å². The summed E-state index contributed by atoms with van der Waals surface area (Å²) in [7, 11) is 0. The van der Waals surface area contributed by atoms with Gasteiger partial charge in [-0.2, -0.15) is 5.26 Å². The van der Waals surface area contributed by atoms with Crippen LogP contribution in [-0.4, -0.2) is 17.1 Å². The predicted molar refractivity (Wildman–Crippen MR) is 64.4 cm³/mol. The molecule has 7 nitrogen and oxygen atoms in total. The molecule has 1 N–H and O–H groups in total. The van der Waals surface area contributed by atoms with Gasteiger partial charge in [0, 0.05) is 18.2 Å². The lowest BCUT2D eigenvalue weighted by Gasteiger charge is -2.30. The molecule has 1 aliphatic carbocycles. The summed E-state index contributed by atoms with van der Waals surface area (Å²) in [6, 6.07) is 7.32. The summed E-state index contributed by atoms with van der Waals surface area (Å²) in [4.78, 5) is 21.4. The molecule has 19 heavy (non-hydrogen) atoms. The summed E-state index contributed by atoms with van der Waals surface area (Å²) >= 11 is 0. The quantitative estimate of drug-likeness (QED) is 0.661. The van der Waals surface area contributed by atoms with Crippen LogP contribution in [0.3, 0.4) is 0 Å². The topological polar surface area (TPSA) is 105 Å². The van der Waals surface area contributed by atoms with Gasteiger partial charge in [-0.15, -0.1) is 0 Å². The fourth-order valence-electron chi connectivity index (χ4n) is 1.78. The molecule has 0 aromatic heterocycles. The fraction of sp³-hybridized carbons (Fsp3) is 0.333. The molecule has 0 atom stereocenters. The van der Waals surface area contributed by atoms with Gasteiger partial charge in [0.15, 0.2) is 0 Å². The number of nitrogens with zero attached hydrogens (tertiary/aromatic N) is 2. The van der Waals surface area contributed by atoms with Crippen molar-refractivity contribution in [3.63, 3.8) is 0 Å². The highest BCUT2D eigenvalue weighted by Gasteiger charge is 2.30. The molecule has 0 heterocycles. The Labute approximate surface area is 108 Å². The number of hydrogen-bond donors (Lipinski definition) is 1. The fourth-order valence-corrected chi connectivity index (χ4v) is 1.78. The molecule has 0 saturated heterocycles. The average Bonchev–Trinajstić information content (AvgIpc) is 2.33. The first kappa shape index (κ1) is 12.8. The third kappa shape index (κ3) is 3.19. The number of amides is 1. The van der Waals surface area contributed by atoms with E-state index in [9.17, 15) is 14.9 Å². The van der Waals surface area contributed by atoms with Crippen molar-refractivity contribution in [3.05, 3.63) is 34.4 Å². The minimum Gasteiger partial charge on any atom is -0.410 e. The Morgan fingerprint density at radius 2 is 2.05 bits per heavy atom. The summed E-state index contributed by atoms with van der Waals surface area (Å²) in [5.74, 6) is 0.240. The lowest BCUT2D eigenvalue weighted by molar-refractivity contribution is -0.384. The van der Waals surface area contributed by atoms with Crippen LogP contribution in [0.25, 0.3) is 0 Å². The van der Waals surface area contributed by atoms with E-state index in [1.165, 1.54) is 24.3 Å². The molecular formula is C12H11N3O4. The SMILES string of the molecule is N#CC1CC(NC(=O)Oc2ccc([N+](=O)[O-])cc2)C1. The van der Waals surface area contributed by atoms with Gasteiger partial charge in [-0.1, -0.05) is 0 Å². The Balaban J connectivity index is 1.82. The van der Waals surface area contributed by atoms with E-state index < -0.39 is 11.0 Å². The smallest absolute Gasteiger partial charge is 0.410 e. The molecule has 1 saturated carbocycles. The second-order valence-electron chi connectivity index (χ2n) is 4.28. The first-order valence-corrected chi connectivity index (χ1v) is 5.71. The van der Waals surface area contributed by atoms with Crippen molar-refractivity contribution in [2.75, 3.05) is 0 Å². The molecule has 1 aromatic rings. The minimum atomic E-state index is -0.616.